The highest BCUT2D eigenvalue weighted by atomic mass is 16.5. The lowest BCUT2D eigenvalue weighted by atomic mass is 9.91. The maximum atomic E-state index is 6.51. The first-order valence-corrected chi connectivity index (χ1v) is 14.6. The molecule has 1 nitrogen and oxygen atoms in total. The summed E-state index contributed by atoms with van der Waals surface area (Å²) in [6.45, 7) is 19.5. The third kappa shape index (κ3) is 12.6. The monoisotopic (exact) mass is 490 g/mol. The van der Waals surface area contributed by atoms with Crippen LogP contribution in [0.25, 0.3) is 0 Å². The highest BCUT2D eigenvalue weighted by Gasteiger charge is 2.15. The molecule has 0 fully saturated rings. The molecular weight excluding hydrogens is 436 g/mol. The molecule has 36 heavy (non-hydrogen) atoms. The van der Waals surface area contributed by atoms with Crippen LogP contribution in [0.2, 0.25) is 0 Å². The van der Waals surface area contributed by atoms with E-state index in [0.29, 0.717) is 0 Å². The smallest absolute Gasteiger partial charge is 0.126 e. The van der Waals surface area contributed by atoms with Gasteiger partial charge in [0.2, 0.25) is 0 Å². The van der Waals surface area contributed by atoms with Gasteiger partial charge in [-0.25, -0.2) is 0 Å². The standard InChI is InChI=1S/C32H48O.C3H6/c1-6-9-11-12-17-30-23-22-29(8-3)31(32(30)33-24-13-10-7-2)25-27(5)15-14-16-28-20-18-26(4)19-21-28;1-3-2/h18-23H,5-17,24-25H2,1-4H3;3H,1H2,2H3. The van der Waals surface area contributed by atoms with Crippen LogP contribution in [-0.2, 0) is 25.7 Å². The molecule has 0 bridgehead atoms. The average Bonchev–Trinajstić information content (AvgIpc) is 2.87. The van der Waals surface area contributed by atoms with Gasteiger partial charge in [0, 0.05) is 5.56 Å². The van der Waals surface area contributed by atoms with E-state index in [9.17, 15) is 0 Å². The molecule has 200 valence electrons. The van der Waals surface area contributed by atoms with Gasteiger partial charge in [0.05, 0.1) is 6.61 Å². The second-order valence-corrected chi connectivity index (χ2v) is 10.1. The van der Waals surface area contributed by atoms with Crippen LogP contribution in [0, 0.1) is 6.92 Å². The van der Waals surface area contributed by atoms with Crippen molar-refractivity contribution >= 4 is 0 Å². The fourth-order valence-corrected chi connectivity index (χ4v) is 4.52. The average molecular weight is 491 g/mol. The maximum absolute atomic E-state index is 6.51. The molecule has 2 aromatic rings. The number of unbranched alkanes of at least 4 members (excludes halogenated alkanes) is 5. The Labute approximate surface area is 224 Å². The Kier molecular flexibility index (Phi) is 17.5. The lowest BCUT2D eigenvalue weighted by Crippen LogP contribution is -2.07. The fourth-order valence-electron chi connectivity index (χ4n) is 4.52. The van der Waals surface area contributed by atoms with Crippen molar-refractivity contribution in [2.24, 2.45) is 0 Å². The molecule has 0 amide bonds. The largest absolute Gasteiger partial charge is 0.493 e. The van der Waals surface area contributed by atoms with Crippen molar-refractivity contribution in [3.63, 3.8) is 0 Å². The van der Waals surface area contributed by atoms with Crippen LogP contribution in [-0.4, -0.2) is 6.61 Å². The molecule has 0 heterocycles. The minimum atomic E-state index is 0.829. The molecule has 0 atom stereocenters. The summed E-state index contributed by atoms with van der Waals surface area (Å²) in [7, 11) is 0. The van der Waals surface area contributed by atoms with Gasteiger partial charge in [-0.1, -0.05) is 113 Å². The Balaban J connectivity index is 0.00000205. The van der Waals surface area contributed by atoms with Crippen LogP contribution in [0.4, 0.5) is 0 Å². The van der Waals surface area contributed by atoms with Gasteiger partial charge < -0.3 is 4.74 Å². The highest BCUT2D eigenvalue weighted by molar-refractivity contribution is 5.48. The molecule has 0 unspecified atom stereocenters. The molecule has 0 saturated heterocycles. The minimum absolute atomic E-state index is 0.829. The molecule has 0 radical (unpaired) electrons. The van der Waals surface area contributed by atoms with Crippen LogP contribution >= 0.6 is 0 Å². The molecule has 0 aromatic heterocycles. The van der Waals surface area contributed by atoms with Gasteiger partial charge in [0.1, 0.15) is 5.75 Å². The van der Waals surface area contributed by atoms with Gasteiger partial charge in [0.25, 0.3) is 0 Å². The summed E-state index contributed by atoms with van der Waals surface area (Å²) in [4.78, 5) is 0. The lowest BCUT2D eigenvalue weighted by molar-refractivity contribution is 0.300. The second kappa shape index (κ2) is 19.9. The number of rotatable bonds is 17. The lowest BCUT2D eigenvalue weighted by Gasteiger charge is -2.20. The van der Waals surface area contributed by atoms with Gasteiger partial charge in [-0.2, -0.15) is 0 Å². The van der Waals surface area contributed by atoms with Crippen LogP contribution in [0.3, 0.4) is 0 Å². The van der Waals surface area contributed by atoms with Crippen molar-refractivity contribution in [2.45, 2.75) is 118 Å². The Morgan fingerprint density at radius 3 is 2.08 bits per heavy atom. The number of aryl methyl sites for hydroxylation is 4. The number of hydrogen-bond donors (Lipinski definition) is 0. The zero-order valence-corrected chi connectivity index (χ0v) is 24.3. The molecule has 2 aromatic carbocycles. The first-order valence-electron chi connectivity index (χ1n) is 14.6. The molecule has 0 N–H and O–H groups in total. The Bertz CT molecular complexity index is 859. The zero-order chi connectivity index (χ0) is 26.6. The second-order valence-electron chi connectivity index (χ2n) is 10.1. The number of benzene rings is 2. The molecule has 1 heteroatoms. The van der Waals surface area contributed by atoms with Crippen molar-refractivity contribution in [3.8, 4) is 5.75 Å². The van der Waals surface area contributed by atoms with Gasteiger partial charge in [0.15, 0.2) is 0 Å². The van der Waals surface area contributed by atoms with E-state index in [1.165, 1.54) is 77.7 Å². The van der Waals surface area contributed by atoms with Crippen LogP contribution in [0.15, 0.2) is 61.2 Å². The number of hydrogen-bond acceptors (Lipinski definition) is 1. The van der Waals surface area contributed by atoms with Crippen molar-refractivity contribution < 1.29 is 4.74 Å². The summed E-state index contributed by atoms with van der Waals surface area (Å²) >= 11 is 0. The topological polar surface area (TPSA) is 9.23 Å². The Morgan fingerprint density at radius 2 is 1.44 bits per heavy atom. The Morgan fingerprint density at radius 1 is 0.806 bits per heavy atom. The minimum Gasteiger partial charge on any atom is -0.493 e. The van der Waals surface area contributed by atoms with E-state index < -0.39 is 0 Å². The first-order chi connectivity index (χ1) is 17.5. The summed E-state index contributed by atoms with van der Waals surface area (Å²) in [5, 5.41) is 0. The molecule has 0 aliphatic carbocycles. The van der Waals surface area contributed by atoms with E-state index in [2.05, 4.69) is 77.3 Å². The van der Waals surface area contributed by atoms with Gasteiger partial charge >= 0.3 is 0 Å². The summed E-state index contributed by atoms with van der Waals surface area (Å²) in [6, 6.07) is 13.6. The quantitative estimate of drug-likeness (QED) is 0.158. The fraction of sp³-hybridized carbons (Fsp3) is 0.543. The number of allylic oxidation sites excluding steroid dienone is 2. The van der Waals surface area contributed by atoms with E-state index in [1.54, 1.807) is 6.08 Å². The molecule has 0 saturated carbocycles. The summed E-state index contributed by atoms with van der Waals surface area (Å²) in [5.74, 6) is 1.18. The SMILES string of the molecule is C=C(CCCc1ccc(C)cc1)Cc1c(CC)ccc(CCCCCC)c1OCCCCC.C=CC. The van der Waals surface area contributed by atoms with E-state index in [4.69, 9.17) is 4.74 Å². The third-order valence-corrected chi connectivity index (χ3v) is 6.66. The first kappa shape index (κ1) is 31.7. The van der Waals surface area contributed by atoms with Crippen LogP contribution < -0.4 is 4.74 Å². The summed E-state index contributed by atoms with van der Waals surface area (Å²) in [6.07, 6.45) is 17.0. The van der Waals surface area contributed by atoms with E-state index in [1.807, 2.05) is 6.92 Å². The molecular formula is C35H54O. The molecule has 2 rings (SSSR count). The predicted octanol–water partition coefficient (Wildman–Crippen LogP) is 10.6. The van der Waals surface area contributed by atoms with Crippen molar-refractivity contribution in [3.05, 3.63) is 89.0 Å². The zero-order valence-electron chi connectivity index (χ0n) is 24.3. The molecule has 0 aliphatic heterocycles. The van der Waals surface area contributed by atoms with Crippen LogP contribution in [0.5, 0.6) is 5.75 Å². The molecule has 0 spiro atoms. The van der Waals surface area contributed by atoms with Gasteiger partial charge in [-0.05, 0) is 81.9 Å². The van der Waals surface area contributed by atoms with Crippen molar-refractivity contribution in [1.29, 1.82) is 0 Å². The predicted molar refractivity (Wildman–Crippen MR) is 162 cm³/mol. The van der Waals surface area contributed by atoms with Crippen molar-refractivity contribution in [2.75, 3.05) is 6.61 Å². The normalized spacial score (nSPS) is 10.5. The highest BCUT2D eigenvalue weighted by Crippen LogP contribution is 2.32. The van der Waals surface area contributed by atoms with Crippen LogP contribution in [0.1, 0.15) is 113 Å². The van der Waals surface area contributed by atoms with Crippen molar-refractivity contribution in [1.82, 2.24) is 0 Å². The van der Waals surface area contributed by atoms with E-state index in [-0.39, 0.29) is 0 Å². The van der Waals surface area contributed by atoms with E-state index in [0.717, 1.165) is 51.6 Å². The summed E-state index contributed by atoms with van der Waals surface area (Å²) in [5.41, 5.74) is 8.33. The Hall–Kier alpha value is -2.28. The third-order valence-electron chi connectivity index (χ3n) is 6.66. The number of ether oxygens (including phenoxy) is 1. The van der Waals surface area contributed by atoms with Gasteiger partial charge in [-0.15, -0.1) is 6.58 Å². The molecule has 0 aliphatic rings. The van der Waals surface area contributed by atoms with Gasteiger partial charge in [-0.3, -0.25) is 0 Å². The summed E-state index contributed by atoms with van der Waals surface area (Å²) < 4.78 is 6.51. The maximum Gasteiger partial charge on any atom is 0.126 e. The van der Waals surface area contributed by atoms with E-state index >= 15 is 0 Å².